The van der Waals surface area contributed by atoms with Crippen LogP contribution in [0.4, 0.5) is 0 Å². The van der Waals surface area contributed by atoms with E-state index in [1.165, 1.54) is 17.7 Å². The summed E-state index contributed by atoms with van der Waals surface area (Å²) in [7, 11) is 0. The van der Waals surface area contributed by atoms with E-state index in [1.54, 1.807) is 5.51 Å². The van der Waals surface area contributed by atoms with Crippen molar-refractivity contribution in [3.63, 3.8) is 0 Å². The average molecular weight is 203 g/mol. The maximum atomic E-state index is 11.6. The smallest absolute Gasteiger partial charge is 0.260 e. The van der Waals surface area contributed by atoms with E-state index >= 15 is 0 Å². The van der Waals surface area contributed by atoms with Crippen molar-refractivity contribution in [2.75, 3.05) is 0 Å². The van der Waals surface area contributed by atoms with Crippen LogP contribution < -0.4 is 5.56 Å². The van der Waals surface area contributed by atoms with Gasteiger partial charge in [0.25, 0.3) is 5.56 Å². The van der Waals surface area contributed by atoms with Crippen molar-refractivity contribution in [2.24, 2.45) is 0 Å². The monoisotopic (exact) mass is 203 g/mol. The quantitative estimate of drug-likeness (QED) is 0.602. The number of fused-ring (bicyclic) bond motifs is 3. The molecule has 2 aromatic heterocycles. The molecule has 0 radical (unpaired) electrons. The molecule has 1 N–H and O–H groups in total. The molecule has 0 atom stereocenters. The van der Waals surface area contributed by atoms with Crippen LogP contribution in [0.2, 0.25) is 0 Å². The van der Waals surface area contributed by atoms with Crippen molar-refractivity contribution in [2.45, 2.75) is 0 Å². The minimum atomic E-state index is -0.107. The Morgan fingerprint density at radius 3 is 3.00 bits per heavy atom. The van der Waals surface area contributed by atoms with E-state index in [9.17, 15) is 4.79 Å². The Balaban J connectivity index is 2.74. The van der Waals surface area contributed by atoms with Crippen LogP contribution in [-0.2, 0) is 0 Å². The minimum absolute atomic E-state index is 0.107. The molecule has 1 aromatic carbocycles. The molecule has 0 aliphatic heterocycles. The van der Waals surface area contributed by atoms with Crippen LogP contribution >= 0.6 is 11.3 Å². The van der Waals surface area contributed by atoms with Crippen LogP contribution in [0, 0.1) is 0 Å². The standard InChI is InChI=1S/C9H5N3OS/c13-9-7-5(10-3-11-9)1-2-6-8(7)14-4-12-6/h1-4H,(H,10,11,13). The highest BCUT2D eigenvalue weighted by Gasteiger charge is 2.06. The number of nitrogens with one attached hydrogen (secondary N) is 1. The highest BCUT2D eigenvalue weighted by atomic mass is 32.1. The molecule has 5 heteroatoms. The van der Waals surface area contributed by atoms with Crippen LogP contribution in [0.25, 0.3) is 21.1 Å². The molecule has 2 heterocycles. The van der Waals surface area contributed by atoms with E-state index in [2.05, 4.69) is 15.0 Å². The van der Waals surface area contributed by atoms with E-state index < -0.39 is 0 Å². The highest BCUT2D eigenvalue weighted by Crippen LogP contribution is 2.23. The number of aromatic amines is 1. The fraction of sp³-hybridized carbons (Fsp3) is 0. The summed E-state index contributed by atoms with van der Waals surface area (Å²) in [6.07, 6.45) is 1.41. The molecule has 0 unspecified atom stereocenters. The summed E-state index contributed by atoms with van der Waals surface area (Å²) in [6.45, 7) is 0. The van der Waals surface area contributed by atoms with Gasteiger partial charge in [0.1, 0.15) is 0 Å². The van der Waals surface area contributed by atoms with Crippen molar-refractivity contribution in [1.29, 1.82) is 0 Å². The zero-order chi connectivity index (χ0) is 9.54. The van der Waals surface area contributed by atoms with Crippen molar-refractivity contribution in [3.05, 3.63) is 34.3 Å². The Morgan fingerprint density at radius 2 is 2.07 bits per heavy atom. The zero-order valence-corrected chi connectivity index (χ0v) is 7.84. The normalized spacial score (nSPS) is 11.1. The Labute approximate surface area is 82.3 Å². The molecule has 0 amide bonds. The zero-order valence-electron chi connectivity index (χ0n) is 7.02. The molecule has 0 fully saturated rings. The van der Waals surface area contributed by atoms with Gasteiger partial charge in [0.2, 0.25) is 0 Å². The summed E-state index contributed by atoms with van der Waals surface area (Å²) < 4.78 is 0.900. The van der Waals surface area contributed by atoms with Crippen LogP contribution in [0.1, 0.15) is 0 Å². The van der Waals surface area contributed by atoms with Crippen molar-refractivity contribution in [1.82, 2.24) is 15.0 Å². The predicted octanol–water partition coefficient (Wildman–Crippen LogP) is 1.53. The van der Waals surface area contributed by atoms with Gasteiger partial charge in [0.05, 0.1) is 33.0 Å². The fourth-order valence-corrected chi connectivity index (χ4v) is 2.31. The summed E-state index contributed by atoms with van der Waals surface area (Å²) >= 11 is 1.46. The maximum absolute atomic E-state index is 11.6. The first-order valence-electron chi connectivity index (χ1n) is 4.06. The largest absolute Gasteiger partial charge is 0.313 e. The molecule has 0 aliphatic carbocycles. The van der Waals surface area contributed by atoms with Gasteiger partial charge in [-0.25, -0.2) is 9.97 Å². The summed E-state index contributed by atoms with van der Waals surface area (Å²) in [5.41, 5.74) is 3.19. The summed E-state index contributed by atoms with van der Waals surface area (Å²) in [5, 5.41) is 0.632. The summed E-state index contributed by atoms with van der Waals surface area (Å²) in [6, 6.07) is 3.69. The van der Waals surface area contributed by atoms with Gasteiger partial charge >= 0.3 is 0 Å². The average Bonchev–Trinajstić information content (AvgIpc) is 2.65. The van der Waals surface area contributed by atoms with E-state index in [-0.39, 0.29) is 5.56 Å². The number of H-pyrrole nitrogens is 1. The van der Waals surface area contributed by atoms with Gasteiger partial charge in [-0.05, 0) is 12.1 Å². The lowest BCUT2D eigenvalue weighted by atomic mass is 10.2. The first-order chi connectivity index (χ1) is 6.86. The van der Waals surface area contributed by atoms with Gasteiger partial charge in [-0.3, -0.25) is 4.79 Å². The predicted molar refractivity (Wildman–Crippen MR) is 55.5 cm³/mol. The highest BCUT2D eigenvalue weighted by molar-refractivity contribution is 7.17. The maximum Gasteiger partial charge on any atom is 0.260 e. The molecule has 3 aromatic rings. The molecular formula is C9H5N3OS. The number of aromatic nitrogens is 3. The first kappa shape index (κ1) is 7.64. The molecule has 0 saturated heterocycles. The van der Waals surface area contributed by atoms with Gasteiger partial charge in [-0.1, -0.05) is 0 Å². The Morgan fingerprint density at radius 1 is 1.21 bits per heavy atom. The van der Waals surface area contributed by atoms with E-state index in [0.29, 0.717) is 10.9 Å². The third kappa shape index (κ3) is 0.898. The second-order valence-electron chi connectivity index (χ2n) is 2.89. The van der Waals surface area contributed by atoms with E-state index in [1.807, 2.05) is 12.1 Å². The lowest BCUT2D eigenvalue weighted by Crippen LogP contribution is -2.05. The number of hydrogen-bond donors (Lipinski definition) is 1. The second kappa shape index (κ2) is 2.62. The lowest BCUT2D eigenvalue weighted by molar-refractivity contribution is 1.18. The molecule has 0 saturated carbocycles. The van der Waals surface area contributed by atoms with E-state index in [4.69, 9.17) is 0 Å². The molecule has 14 heavy (non-hydrogen) atoms. The van der Waals surface area contributed by atoms with Gasteiger partial charge in [0, 0.05) is 0 Å². The fourth-order valence-electron chi connectivity index (χ4n) is 1.48. The Hall–Kier alpha value is -1.75. The van der Waals surface area contributed by atoms with Crippen molar-refractivity contribution >= 4 is 32.5 Å². The van der Waals surface area contributed by atoms with Crippen LogP contribution in [0.5, 0.6) is 0 Å². The van der Waals surface area contributed by atoms with Gasteiger partial charge in [-0.15, -0.1) is 11.3 Å². The van der Waals surface area contributed by atoms with Gasteiger partial charge in [-0.2, -0.15) is 0 Å². The van der Waals surface area contributed by atoms with Gasteiger partial charge < -0.3 is 4.98 Å². The Kier molecular flexibility index (Phi) is 1.43. The lowest BCUT2D eigenvalue weighted by Gasteiger charge is -1.95. The number of benzene rings is 1. The number of hydrogen-bond acceptors (Lipinski definition) is 4. The number of thiazole rings is 1. The van der Waals surface area contributed by atoms with Crippen LogP contribution in [0.15, 0.2) is 28.8 Å². The second-order valence-corrected chi connectivity index (χ2v) is 3.75. The Bertz CT molecular complexity index is 670. The van der Waals surface area contributed by atoms with E-state index in [0.717, 1.165) is 10.2 Å². The first-order valence-corrected chi connectivity index (χ1v) is 4.94. The molecule has 3 rings (SSSR count). The SMILES string of the molecule is O=c1[nH]cnc2ccc3ncsc3c12. The molecule has 0 bridgehead atoms. The summed E-state index contributed by atoms with van der Waals surface area (Å²) in [5.74, 6) is 0. The molecule has 68 valence electrons. The van der Waals surface area contributed by atoms with Gasteiger partial charge in [0.15, 0.2) is 0 Å². The number of nitrogens with zero attached hydrogens (tertiary/aromatic N) is 2. The van der Waals surface area contributed by atoms with Crippen LogP contribution in [0.3, 0.4) is 0 Å². The molecular weight excluding hydrogens is 198 g/mol. The third-order valence-corrected chi connectivity index (χ3v) is 2.96. The topological polar surface area (TPSA) is 58.6 Å². The van der Waals surface area contributed by atoms with Crippen LogP contribution in [-0.4, -0.2) is 15.0 Å². The number of rotatable bonds is 0. The molecule has 0 aliphatic rings. The third-order valence-electron chi connectivity index (χ3n) is 2.10. The molecule has 0 spiro atoms. The summed E-state index contributed by atoms with van der Waals surface area (Å²) in [4.78, 5) is 22.4. The van der Waals surface area contributed by atoms with Crippen molar-refractivity contribution < 1.29 is 0 Å². The minimum Gasteiger partial charge on any atom is -0.313 e. The molecule has 4 nitrogen and oxygen atoms in total. The van der Waals surface area contributed by atoms with Crippen molar-refractivity contribution in [3.8, 4) is 0 Å².